The Morgan fingerprint density at radius 2 is 1.74 bits per heavy atom. The van der Waals surface area contributed by atoms with Crippen molar-refractivity contribution in [2.45, 2.75) is 71.3 Å². The molecule has 2 atom stereocenters. The van der Waals surface area contributed by atoms with Crippen LogP contribution in [0.25, 0.3) is 0 Å². The number of carboxylic acids is 1. The van der Waals surface area contributed by atoms with Crippen molar-refractivity contribution in [3.8, 4) is 0 Å². The number of amides is 1. The van der Waals surface area contributed by atoms with Gasteiger partial charge >= 0.3 is 11.9 Å². The van der Waals surface area contributed by atoms with Gasteiger partial charge in [-0.05, 0) is 57.9 Å². The summed E-state index contributed by atoms with van der Waals surface area (Å²) < 4.78 is 5.41. The standard InChI is InChI=1S/C20H27NO5S/c1-11(2)26-20(25)16-14-9-5-6-10-15(14)27-18(16)21-17(22)12-7-3-4-8-13(12)19(23)24/h11-13H,3-10H2,1-2H3,(H,21,22)(H,23,24)/t12-,13-/m1/s1. The molecule has 0 spiro atoms. The number of fused-ring (bicyclic) bond motifs is 1. The minimum Gasteiger partial charge on any atom is -0.481 e. The summed E-state index contributed by atoms with van der Waals surface area (Å²) >= 11 is 1.44. The Morgan fingerprint density at radius 1 is 1.07 bits per heavy atom. The lowest BCUT2D eigenvalue weighted by molar-refractivity contribution is -0.147. The highest BCUT2D eigenvalue weighted by molar-refractivity contribution is 7.17. The van der Waals surface area contributed by atoms with E-state index in [4.69, 9.17) is 4.74 Å². The molecule has 148 valence electrons. The Kier molecular flexibility index (Phi) is 6.19. The number of anilines is 1. The van der Waals surface area contributed by atoms with Gasteiger partial charge in [-0.1, -0.05) is 12.8 Å². The van der Waals surface area contributed by atoms with Gasteiger partial charge in [-0.15, -0.1) is 11.3 Å². The molecule has 7 heteroatoms. The third-order valence-corrected chi connectivity index (χ3v) is 6.58. The summed E-state index contributed by atoms with van der Waals surface area (Å²) in [5, 5.41) is 12.9. The molecule has 1 aromatic rings. The Bertz CT molecular complexity index is 739. The van der Waals surface area contributed by atoms with Crippen molar-refractivity contribution in [3.05, 3.63) is 16.0 Å². The van der Waals surface area contributed by atoms with E-state index in [2.05, 4.69) is 5.32 Å². The highest BCUT2D eigenvalue weighted by Crippen LogP contribution is 2.40. The Labute approximate surface area is 163 Å². The van der Waals surface area contributed by atoms with Gasteiger partial charge in [-0.25, -0.2) is 4.79 Å². The maximum absolute atomic E-state index is 12.9. The van der Waals surface area contributed by atoms with Crippen molar-refractivity contribution < 1.29 is 24.2 Å². The largest absolute Gasteiger partial charge is 0.481 e. The van der Waals surface area contributed by atoms with Gasteiger partial charge in [0.2, 0.25) is 5.91 Å². The van der Waals surface area contributed by atoms with Gasteiger partial charge in [0, 0.05) is 4.88 Å². The number of esters is 1. The van der Waals surface area contributed by atoms with Crippen LogP contribution in [0.15, 0.2) is 0 Å². The van der Waals surface area contributed by atoms with Crippen molar-refractivity contribution in [1.82, 2.24) is 0 Å². The highest BCUT2D eigenvalue weighted by atomic mass is 32.1. The second-order valence-corrected chi connectivity index (χ2v) is 8.80. The first kappa shape index (κ1) is 19.9. The summed E-state index contributed by atoms with van der Waals surface area (Å²) in [6.07, 6.45) is 6.34. The summed E-state index contributed by atoms with van der Waals surface area (Å²) in [5.74, 6) is -2.82. The van der Waals surface area contributed by atoms with E-state index < -0.39 is 23.8 Å². The molecule has 6 nitrogen and oxygen atoms in total. The zero-order chi connectivity index (χ0) is 19.6. The third kappa shape index (κ3) is 4.34. The molecule has 1 fully saturated rings. The lowest BCUT2D eigenvalue weighted by Gasteiger charge is -2.27. The molecule has 2 aliphatic rings. The lowest BCUT2D eigenvalue weighted by atomic mass is 9.78. The SMILES string of the molecule is CC(C)OC(=O)c1c(NC(=O)[C@@H]2CCCC[C@H]2C(=O)O)sc2c1CCCC2. The summed E-state index contributed by atoms with van der Waals surface area (Å²) in [6.45, 7) is 3.60. The van der Waals surface area contributed by atoms with Crippen LogP contribution in [0, 0.1) is 11.8 Å². The van der Waals surface area contributed by atoms with E-state index in [-0.39, 0.29) is 12.0 Å². The first-order chi connectivity index (χ1) is 12.9. The number of hydrogen-bond acceptors (Lipinski definition) is 5. The Morgan fingerprint density at radius 3 is 2.41 bits per heavy atom. The Hall–Kier alpha value is -1.89. The van der Waals surface area contributed by atoms with E-state index in [1.807, 2.05) is 0 Å². The molecular formula is C20H27NO5S. The third-order valence-electron chi connectivity index (χ3n) is 5.37. The lowest BCUT2D eigenvalue weighted by Crippen LogP contribution is -2.36. The average molecular weight is 394 g/mol. The molecule has 2 N–H and O–H groups in total. The number of ether oxygens (including phenoxy) is 1. The van der Waals surface area contributed by atoms with Gasteiger partial charge < -0.3 is 15.2 Å². The number of thiophene rings is 1. The quantitative estimate of drug-likeness (QED) is 0.737. The van der Waals surface area contributed by atoms with Crippen LogP contribution in [-0.2, 0) is 27.2 Å². The van der Waals surface area contributed by atoms with E-state index in [1.165, 1.54) is 11.3 Å². The van der Waals surface area contributed by atoms with Crippen LogP contribution in [0.5, 0.6) is 0 Å². The van der Waals surface area contributed by atoms with E-state index in [9.17, 15) is 19.5 Å². The number of nitrogens with one attached hydrogen (secondary N) is 1. The van der Waals surface area contributed by atoms with Gasteiger partial charge in [-0.2, -0.15) is 0 Å². The molecule has 0 radical (unpaired) electrons. The van der Waals surface area contributed by atoms with Crippen molar-refractivity contribution in [2.24, 2.45) is 11.8 Å². The molecule has 0 bridgehead atoms. The van der Waals surface area contributed by atoms with E-state index >= 15 is 0 Å². The van der Waals surface area contributed by atoms with Crippen LogP contribution in [0.1, 0.15) is 73.2 Å². The van der Waals surface area contributed by atoms with Crippen molar-refractivity contribution in [2.75, 3.05) is 5.32 Å². The van der Waals surface area contributed by atoms with Gasteiger partial charge in [0.15, 0.2) is 0 Å². The van der Waals surface area contributed by atoms with Crippen LogP contribution in [0.3, 0.4) is 0 Å². The second kappa shape index (κ2) is 8.42. The second-order valence-electron chi connectivity index (χ2n) is 7.69. The molecule has 1 amide bonds. The van der Waals surface area contributed by atoms with Crippen LogP contribution in [0.4, 0.5) is 5.00 Å². The van der Waals surface area contributed by atoms with Crippen molar-refractivity contribution >= 4 is 34.2 Å². The zero-order valence-electron chi connectivity index (χ0n) is 15.9. The number of aliphatic carboxylic acids is 1. The molecule has 0 saturated heterocycles. The summed E-state index contributed by atoms with van der Waals surface area (Å²) in [7, 11) is 0. The average Bonchev–Trinajstić information content (AvgIpc) is 2.98. The van der Waals surface area contributed by atoms with Gasteiger partial charge in [-0.3, -0.25) is 9.59 Å². The fraction of sp³-hybridized carbons (Fsp3) is 0.650. The van der Waals surface area contributed by atoms with Gasteiger partial charge in [0.25, 0.3) is 0 Å². The molecule has 2 aliphatic carbocycles. The molecule has 0 aliphatic heterocycles. The fourth-order valence-electron chi connectivity index (χ4n) is 4.09. The maximum Gasteiger partial charge on any atom is 0.341 e. The first-order valence-corrected chi connectivity index (χ1v) is 10.6. The molecule has 3 rings (SSSR count). The van der Waals surface area contributed by atoms with E-state index in [1.54, 1.807) is 13.8 Å². The van der Waals surface area contributed by atoms with Crippen LogP contribution >= 0.6 is 11.3 Å². The summed E-state index contributed by atoms with van der Waals surface area (Å²) in [4.78, 5) is 38.2. The van der Waals surface area contributed by atoms with Gasteiger partial charge in [0.1, 0.15) is 5.00 Å². The minimum atomic E-state index is -0.917. The number of carbonyl (C=O) groups is 3. The number of rotatable bonds is 5. The number of carboxylic acid groups (broad SMARTS) is 1. The van der Waals surface area contributed by atoms with E-state index in [0.29, 0.717) is 23.4 Å². The topological polar surface area (TPSA) is 92.7 Å². The summed E-state index contributed by atoms with van der Waals surface area (Å²) in [5.41, 5.74) is 1.46. The minimum absolute atomic E-state index is 0.241. The zero-order valence-corrected chi connectivity index (χ0v) is 16.7. The molecular weight excluding hydrogens is 366 g/mol. The van der Waals surface area contributed by atoms with Crippen molar-refractivity contribution in [1.29, 1.82) is 0 Å². The fourth-order valence-corrected chi connectivity index (χ4v) is 5.37. The molecule has 0 unspecified atom stereocenters. The van der Waals surface area contributed by atoms with E-state index in [0.717, 1.165) is 49.0 Å². The molecule has 1 heterocycles. The normalized spacial score (nSPS) is 22.2. The van der Waals surface area contributed by atoms with Gasteiger partial charge in [0.05, 0.1) is 23.5 Å². The molecule has 1 saturated carbocycles. The van der Waals surface area contributed by atoms with Crippen LogP contribution in [0.2, 0.25) is 0 Å². The highest BCUT2D eigenvalue weighted by Gasteiger charge is 2.37. The maximum atomic E-state index is 12.9. The number of carbonyl (C=O) groups excluding carboxylic acids is 2. The monoisotopic (exact) mass is 393 g/mol. The molecule has 1 aromatic heterocycles. The first-order valence-electron chi connectivity index (χ1n) is 9.77. The molecule has 27 heavy (non-hydrogen) atoms. The van der Waals surface area contributed by atoms with Crippen molar-refractivity contribution in [3.63, 3.8) is 0 Å². The number of hydrogen-bond donors (Lipinski definition) is 2. The smallest absolute Gasteiger partial charge is 0.341 e. The molecule has 0 aromatic carbocycles. The van der Waals surface area contributed by atoms with Crippen LogP contribution < -0.4 is 5.32 Å². The predicted molar refractivity (Wildman–Crippen MR) is 103 cm³/mol. The van der Waals surface area contributed by atoms with Crippen LogP contribution in [-0.4, -0.2) is 29.1 Å². The number of aryl methyl sites for hydroxylation is 1. The summed E-state index contributed by atoms with van der Waals surface area (Å²) in [6, 6.07) is 0. The predicted octanol–water partition coefficient (Wildman–Crippen LogP) is 4.02. The Balaban J connectivity index is 1.87.